The summed E-state index contributed by atoms with van der Waals surface area (Å²) in [6, 6.07) is 15.3. The Hall–Kier alpha value is -3.61. The second-order valence-corrected chi connectivity index (χ2v) is 6.41. The molecule has 1 fully saturated rings. The summed E-state index contributed by atoms with van der Waals surface area (Å²) >= 11 is 0. The van der Waals surface area contributed by atoms with Crippen molar-refractivity contribution in [3.05, 3.63) is 66.4 Å². The van der Waals surface area contributed by atoms with Gasteiger partial charge in [0.05, 0.1) is 18.7 Å². The Morgan fingerprint density at radius 3 is 2.67 bits per heavy atom. The first-order valence-electron chi connectivity index (χ1n) is 8.63. The van der Waals surface area contributed by atoms with Gasteiger partial charge in [-0.2, -0.15) is 0 Å². The summed E-state index contributed by atoms with van der Waals surface area (Å²) in [7, 11) is 0. The van der Waals surface area contributed by atoms with E-state index < -0.39 is 12.1 Å². The van der Waals surface area contributed by atoms with Crippen LogP contribution in [0.3, 0.4) is 0 Å². The fraction of sp³-hybridized carbons (Fsp3) is 0.150. The summed E-state index contributed by atoms with van der Waals surface area (Å²) in [4.78, 5) is 41.3. The molecule has 2 heterocycles. The van der Waals surface area contributed by atoms with Crippen LogP contribution in [0.5, 0.6) is 0 Å². The first kappa shape index (κ1) is 16.8. The van der Waals surface area contributed by atoms with E-state index in [4.69, 9.17) is 0 Å². The maximum absolute atomic E-state index is 12.5. The molecule has 1 aromatic heterocycles. The number of benzene rings is 2. The molecule has 1 saturated heterocycles. The van der Waals surface area contributed by atoms with Gasteiger partial charge in [-0.25, -0.2) is 4.79 Å². The Morgan fingerprint density at radius 1 is 1.04 bits per heavy atom. The molecule has 0 saturated carbocycles. The zero-order chi connectivity index (χ0) is 18.8. The summed E-state index contributed by atoms with van der Waals surface area (Å²) in [6.07, 6.45) is 1.68. The minimum atomic E-state index is -0.855. The van der Waals surface area contributed by atoms with Crippen molar-refractivity contribution in [3.8, 4) is 0 Å². The standard InChI is InChI=1S/C20H18N4O3/c25-18(22-16-8-4-7-15-14(16)9-10-21-15)11-17-19(26)24(20(27)23-17)12-13-5-2-1-3-6-13/h1-10,17,21H,11-12H2,(H,22,25)(H,23,27). The number of H-pyrrole nitrogens is 1. The van der Waals surface area contributed by atoms with E-state index in [9.17, 15) is 14.4 Å². The Bertz CT molecular complexity index is 1010. The molecule has 7 nitrogen and oxygen atoms in total. The minimum Gasteiger partial charge on any atom is -0.361 e. The molecule has 3 N–H and O–H groups in total. The van der Waals surface area contributed by atoms with E-state index in [0.717, 1.165) is 21.4 Å². The molecule has 0 radical (unpaired) electrons. The van der Waals surface area contributed by atoms with Gasteiger partial charge >= 0.3 is 6.03 Å². The van der Waals surface area contributed by atoms with Gasteiger partial charge < -0.3 is 15.6 Å². The zero-order valence-electron chi connectivity index (χ0n) is 14.4. The zero-order valence-corrected chi connectivity index (χ0v) is 14.4. The Labute approximate surface area is 155 Å². The Balaban J connectivity index is 1.42. The number of hydrogen-bond acceptors (Lipinski definition) is 3. The highest BCUT2D eigenvalue weighted by molar-refractivity contribution is 6.08. The van der Waals surface area contributed by atoms with Crippen LogP contribution in [0.25, 0.3) is 10.9 Å². The van der Waals surface area contributed by atoms with Gasteiger partial charge in [-0.15, -0.1) is 0 Å². The number of aromatic nitrogens is 1. The number of carbonyl (C=O) groups excluding carboxylic acids is 3. The second kappa shape index (κ2) is 6.95. The van der Waals surface area contributed by atoms with Crippen molar-refractivity contribution in [2.75, 3.05) is 5.32 Å². The lowest BCUT2D eigenvalue weighted by atomic mass is 10.1. The van der Waals surface area contributed by atoms with Crippen molar-refractivity contribution in [2.45, 2.75) is 19.0 Å². The molecule has 1 aliphatic rings. The molecule has 4 rings (SSSR count). The second-order valence-electron chi connectivity index (χ2n) is 6.41. The molecule has 136 valence electrons. The van der Waals surface area contributed by atoms with E-state index >= 15 is 0 Å². The lowest BCUT2D eigenvalue weighted by Crippen LogP contribution is -2.34. The van der Waals surface area contributed by atoms with Gasteiger partial charge in [0.2, 0.25) is 5.91 Å². The number of hydrogen-bond donors (Lipinski definition) is 3. The van der Waals surface area contributed by atoms with Gasteiger partial charge in [-0.05, 0) is 23.8 Å². The number of rotatable bonds is 5. The lowest BCUT2D eigenvalue weighted by Gasteiger charge is -2.13. The van der Waals surface area contributed by atoms with Crippen molar-refractivity contribution < 1.29 is 14.4 Å². The molecule has 7 heteroatoms. The third kappa shape index (κ3) is 3.39. The molecular formula is C20H18N4O3. The van der Waals surface area contributed by atoms with Crippen molar-refractivity contribution >= 4 is 34.4 Å². The highest BCUT2D eigenvalue weighted by Crippen LogP contribution is 2.23. The number of nitrogens with zero attached hydrogens (tertiary/aromatic N) is 1. The van der Waals surface area contributed by atoms with Gasteiger partial charge in [-0.3, -0.25) is 14.5 Å². The van der Waals surface area contributed by atoms with Crippen LogP contribution in [-0.2, 0) is 16.1 Å². The first-order chi connectivity index (χ1) is 13.1. The number of nitrogens with one attached hydrogen (secondary N) is 3. The molecule has 0 aliphatic carbocycles. The molecular weight excluding hydrogens is 344 g/mol. The van der Waals surface area contributed by atoms with Crippen LogP contribution >= 0.6 is 0 Å². The van der Waals surface area contributed by atoms with E-state index in [0.29, 0.717) is 5.69 Å². The molecule has 27 heavy (non-hydrogen) atoms. The van der Waals surface area contributed by atoms with Crippen LogP contribution < -0.4 is 10.6 Å². The first-order valence-corrected chi connectivity index (χ1v) is 8.63. The maximum Gasteiger partial charge on any atom is 0.325 e. The number of carbonyl (C=O) groups is 3. The number of amides is 4. The van der Waals surface area contributed by atoms with Crippen LogP contribution in [-0.4, -0.2) is 33.8 Å². The molecule has 2 aromatic carbocycles. The van der Waals surface area contributed by atoms with E-state index in [1.165, 1.54) is 0 Å². The van der Waals surface area contributed by atoms with Crippen LogP contribution in [0.1, 0.15) is 12.0 Å². The highest BCUT2D eigenvalue weighted by Gasteiger charge is 2.38. The molecule has 1 atom stereocenters. The van der Waals surface area contributed by atoms with Crippen LogP contribution in [0, 0.1) is 0 Å². The van der Waals surface area contributed by atoms with Gasteiger partial charge in [0.25, 0.3) is 5.91 Å². The summed E-state index contributed by atoms with van der Waals surface area (Å²) in [5.41, 5.74) is 2.42. The van der Waals surface area contributed by atoms with Gasteiger partial charge in [0.15, 0.2) is 0 Å². The SMILES string of the molecule is O=C(CC1NC(=O)N(Cc2ccccc2)C1=O)Nc1cccc2[nH]ccc12. The smallest absolute Gasteiger partial charge is 0.325 e. The van der Waals surface area contributed by atoms with E-state index in [1.54, 1.807) is 12.3 Å². The number of imide groups is 1. The summed E-state index contributed by atoms with van der Waals surface area (Å²) in [5, 5.41) is 6.30. The number of anilines is 1. The molecule has 1 aliphatic heterocycles. The molecule has 3 aromatic rings. The predicted octanol–water partition coefficient (Wildman–Crippen LogP) is 2.62. The average molecular weight is 362 g/mol. The molecule has 0 bridgehead atoms. The van der Waals surface area contributed by atoms with Gasteiger partial charge in [0.1, 0.15) is 6.04 Å². The summed E-state index contributed by atoms with van der Waals surface area (Å²) in [6.45, 7) is 0.187. The predicted molar refractivity (Wildman–Crippen MR) is 101 cm³/mol. The van der Waals surface area contributed by atoms with E-state index in [2.05, 4.69) is 15.6 Å². The third-order valence-corrected chi connectivity index (χ3v) is 4.55. The number of fused-ring (bicyclic) bond motifs is 1. The quantitative estimate of drug-likeness (QED) is 0.609. The topological polar surface area (TPSA) is 94.3 Å². The fourth-order valence-electron chi connectivity index (χ4n) is 3.21. The fourth-order valence-corrected chi connectivity index (χ4v) is 3.21. The van der Waals surface area contributed by atoms with Crippen molar-refractivity contribution in [2.24, 2.45) is 0 Å². The molecule has 1 unspecified atom stereocenters. The molecule has 0 spiro atoms. The van der Waals surface area contributed by atoms with Crippen LogP contribution in [0.2, 0.25) is 0 Å². The van der Waals surface area contributed by atoms with Crippen molar-refractivity contribution in [1.29, 1.82) is 0 Å². The van der Waals surface area contributed by atoms with Gasteiger partial charge in [0, 0.05) is 17.1 Å². The monoisotopic (exact) mass is 362 g/mol. The van der Waals surface area contributed by atoms with Crippen molar-refractivity contribution in [1.82, 2.24) is 15.2 Å². The number of urea groups is 1. The Morgan fingerprint density at radius 2 is 1.85 bits per heavy atom. The molecule has 4 amide bonds. The Kier molecular flexibility index (Phi) is 4.33. The maximum atomic E-state index is 12.5. The summed E-state index contributed by atoms with van der Waals surface area (Å²) in [5.74, 6) is -0.720. The minimum absolute atomic E-state index is 0.114. The van der Waals surface area contributed by atoms with E-state index in [-0.39, 0.29) is 24.8 Å². The lowest BCUT2D eigenvalue weighted by molar-refractivity contribution is -0.130. The largest absolute Gasteiger partial charge is 0.361 e. The number of aromatic amines is 1. The van der Waals surface area contributed by atoms with Gasteiger partial charge in [-0.1, -0.05) is 36.4 Å². The normalized spacial score (nSPS) is 16.6. The van der Waals surface area contributed by atoms with Crippen molar-refractivity contribution in [3.63, 3.8) is 0 Å². The third-order valence-electron chi connectivity index (χ3n) is 4.55. The average Bonchev–Trinajstić information content (AvgIpc) is 3.24. The van der Waals surface area contributed by atoms with E-state index in [1.807, 2.05) is 48.5 Å². The van der Waals surface area contributed by atoms with Crippen LogP contribution in [0.4, 0.5) is 10.5 Å². The summed E-state index contributed by atoms with van der Waals surface area (Å²) < 4.78 is 0. The highest BCUT2D eigenvalue weighted by atomic mass is 16.2. The van der Waals surface area contributed by atoms with Crippen LogP contribution in [0.15, 0.2) is 60.8 Å².